The molecule has 0 aromatic heterocycles. The molecule has 0 amide bonds. The van der Waals surface area contributed by atoms with E-state index in [1.165, 1.54) is 25.0 Å². The molecule has 0 aliphatic carbocycles. The maximum Gasteiger partial charge on any atom is 0.315 e. The van der Waals surface area contributed by atoms with Gasteiger partial charge in [-0.15, -0.1) is 0 Å². The number of rotatable bonds is 10. The molecule has 150 valence electrons. The van der Waals surface area contributed by atoms with Gasteiger partial charge in [0.2, 0.25) is 5.75 Å². The summed E-state index contributed by atoms with van der Waals surface area (Å²) in [5, 5.41) is 15.7. The Hall–Kier alpha value is -3.09. The van der Waals surface area contributed by atoms with E-state index in [-0.39, 0.29) is 11.4 Å². The first-order valence-corrected chi connectivity index (χ1v) is 9.31. The summed E-state index contributed by atoms with van der Waals surface area (Å²) in [6.45, 7) is 6.56. The van der Waals surface area contributed by atoms with Crippen LogP contribution in [-0.4, -0.2) is 24.9 Å². The highest BCUT2D eigenvalue weighted by atomic mass is 16.6. The minimum atomic E-state index is -0.466. The molecule has 2 aromatic carbocycles. The molecule has 0 atom stereocenters. The number of nitro groups is 1. The molecule has 0 saturated heterocycles. The highest BCUT2D eigenvalue weighted by Crippen LogP contribution is 2.38. The molecule has 0 radical (unpaired) electrons. The predicted octanol–water partition coefficient (Wildman–Crippen LogP) is 5.24. The number of hydrazone groups is 1. The lowest BCUT2D eigenvalue weighted by Gasteiger charge is -2.11. The van der Waals surface area contributed by atoms with Crippen LogP contribution in [0.2, 0.25) is 0 Å². The van der Waals surface area contributed by atoms with Crippen LogP contribution in [0.15, 0.2) is 35.4 Å². The topological polar surface area (TPSA) is 86.0 Å². The number of aryl methyl sites for hydroxylation is 2. The first-order chi connectivity index (χ1) is 13.5. The average Bonchev–Trinajstić information content (AvgIpc) is 2.68. The van der Waals surface area contributed by atoms with Crippen LogP contribution in [0.1, 0.15) is 42.9 Å². The standard InChI is InChI=1S/C21H27N3O4/c1-5-6-7-10-28-21-19(24(25)26)12-17(13-20(21)27-4)14-22-23-18-9-8-15(2)16(3)11-18/h8-9,11-14,23H,5-7,10H2,1-4H3/b22-14+. The maximum atomic E-state index is 11.5. The predicted molar refractivity (Wildman–Crippen MR) is 112 cm³/mol. The Morgan fingerprint density at radius 1 is 1.18 bits per heavy atom. The molecular formula is C21H27N3O4. The van der Waals surface area contributed by atoms with E-state index in [0.717, 1.165) is 30.5 Å². The highest BCUT2D eigenvalue weighted by molar-refractivity contribution is 5.83. The molecule has 0 spiro atoms. The van der Waals surface area contributed by atoms with Crippen molar-refractivity contribution in [2.24, 2.45) is 5.10 Å². The van der Waals surface area contributed by atoms with Crippen LogP contribution in [0.4, 0.5) is 11.4 Å². The van der Waals surface area contributed by atoms with Gasteiger partial charge in [-0.1, -0.05) is 25.8 Å². The summed E-state index contributed by atoms with van der Waals surface area (Å²) in [7, 11) is 1.46. The van der Waals surface area contributed by atoms with Gasteiger partial charge in [-0.05, 0) is 49.6 Å². The monoisotopic (exact) mass is 385 g/mol. The second kappa shape index (κ2) is 10.3. The number of methoxy groups -OCH3 is 1. The third-order valence-corrected chi connectivity index (χ3v) is 4.38. The molecule has 0 aliphatic rings. The number of anilines is 1. The number of nitrogens with one attached hydrogen (secondary N) is 1. The van der Waals surface area contributed by atoms with Gasteiger partial charge < -0.3 is 9.47 Å². The molecule has 7 heteroatoms. The van der Waals surface area contributed by atoms with Crippen LogP contribution < -0.4 is 14.9 Å². The molecule has 0 fully saturated rings. The third kappa shape index (κ3) is 5.70. The van der Waals surface area contributed by atoms with E-state index >= 15 is 0 Å². The second-order valence-corrected chi connectivity index (χ2v) is 6.55. The Kier molecular flexibility index (Phi) is 7.80. The number of nitrogens with zero attached hydrogens (tertiary/aromatic N) is 2. The van der Waals surface area contributed by atoms with Crippen LogP contribution in [0.25, 0.3) is 0 Å². The number of unbranched alkanes of at least 4 members (excludes halogenated alkanes) is 2. The lowest BCUT2D eigenvalue weighted by atomic mass is 10.1. The number of benzene rings is 2. The van der Waals surface area contributed by atoms with Crippen molar-refractivity contribution in [2.45, 2.75) is 40.0 Å². The maximum absolute atomic E-state index is 11.5. The van der Waals surface area contributed by atoms with E-state index in [1.807, 2.05) is 32.0 Å². The summed E-state index contributed by atoms with van der Waals surface area (Å²) in [5.41, 5.74) is 6.54. The van der Waals surface area contributed by atoms with Gasteiger partial charge >= 0.3 is 5.69 Å². The van der Waals surface area contributed by atoms with E-state index < -0.39 is 4.92 Å². The van der Waals surface area contributed by atoms with Crippen molar-refractivity contribution in [3.8, 4) is 11.5 Å². The fourth-order valence-electron chi connectivity index (χ4n) is 2.63. The molecule has 0 bridgehead atoms. The van der Waals surface area contributed by atoms with Crippen molar-refractivity contribution in [1.29, 1.82) is 0 Å². The summed E-state index contributed by atoms with van der Waals surface area (Å²) in [5.74, 6) is 0.473. The fraction of sp³-hybridized carbons (Fsp3) is 0.381. The van der Waals surface area contributed by atoms with Crippen LogP contribution >= 0.6 is 0 Å². The van der Waals surface area contributed by atoms with E-state index in [0.29, 0.717) is 17.9 Å². The van der Waals surface area contributed by atoms with Gasteiger partial charge in [-0.25, -0.2) is 0 Å². The summed E-state index contributed by atoms with van der Waals surface area (Å²) >= 11 is 0. The van der Waals surface area contributed by atoms with Crippen molar-refractivity contribution in [1.82, 2.24) is 0 Å². The van der Waals surface area contributed by atoms with E-state index in [4.69, 9.17) is 9.47 Å². The number of hydrogen-bond donors (Lipinski definition) is 1. The first-order valence-electron chi connectivity index (χ1n) is 9.31. The van der Waals surface area contributed by atoms with Gasteiger partial charge in [0.15, 0.2) is 5.75 Å². The molecule has 0 heterocycles. The number of hydrogen-bond acceptors (Lipinski definition) is 6. The van der Waals surface area contributed by atoms with Gasteiger partial charge in [0.25, 0.3) is 0 Å². The van der Waals surface area contributed by atoms with E-state index in [2.05, 4.69) is 17.5 Å². The Balaban J connectivity index is 2.20. The van der Waals surface area contributed by atoms with Gasteiger partial charge in [-0.2, -0.15) is 5.10 Å². The van der Waals surface area contributed by atoms with E-state index in [9.17, 15) is 10.1 Å². The summed E-state index contributed by atoms with van der Waals surface area (Å²) in [4.78, 5) is 11.0. The Bertz CT molecular complexity index is 850. The quantitative estimate of drug-likeness (QED) is 0.262. The zero-order valence-corrected chi connectivity index (χ0v) is 16.8. The van der Waals surface area contributed by atoms with Gasteiger partial charge in [-0.3, -0.25) is 15.5 Å². The zero-order valence-electron chi connectivity index (χ0n) is 16.8. The molecule has 28 heavy (non-hydrogen) atoms. The van der Waals surface area contributed by atoms with Crippen molar-refractivity contribution in [3.63, 3.8) is 0 Å². The van der Waals surface area contributed by atoms with Crippen LogP contribution in [-0.2, 0) is 0 Å². The molecular weight excluding hydrogens is 358 g/mol. The molecule has 2 rings (SSSR count). The molecule has 0 aliphatic heterocycles. The molecule has 7 nitrogen and oxygen atoms in total. The third-order valence-electron chi connectivity index (χ3n) is 4.38. The fourth-order valence-corrected chi connectivity index (χ4v) is 2.63. The van der Waals surface area contributed by atoms with Crippen molar-refractivity contribution in [3.05, 3.63) is 57.1 Å². The normalized spacial score (nSPS) is 10.9. The minimum absolute atomic E-state index is 0.136. The van der Waals surface area contributed by atoms with Gasteiger partial charge in [0, 0.05) is 11.6 Å². The lowest BCUT2D eigenvalue weighted by Crippen LogP contribution is -2.04. The van der Waals surface area contributed by atoms with Gasteiger partial charge in [0.1, 0.15) is 0 Å². The van der Waals surface area contributed by atoms with Crippen LogP contribution in [0.3, 0.4) is 0 Å². The summed E-state index contributed by atoms with van der Waals surface area (Å²) < 4.78 is 11.0. The van der Waals surface area contributed by atoms with Crippen molar-refractivity contribution >= 4 is 17.6 Å². The second-order valence-electron chi connectivity index (χ2n) is 6.55. The Labute approximate surface area is 165 Å². The van der Waals surface area contributed by atoms with E-state index in [1.54, 1.807) is 6.07 Å². The zero-order chi connectivity index (χ0) is 20.5. The first kappa shape index (κ1) is 21.2. The molecule has 0 unspecified atom stereocenters. The van der Waals surface area contributed by atoms with Crippen LogP contribution in [0, 0.1) is 24.0 Å². The van der Waals surface area contributed by atoms with Gasteiger partial charge in [0.05, 0.1) is 30.5 Å². The number of nitro benzene ring substituents is 1. The largest absolute Gasteiger partial charge is 0.493 e. The van der Waals surface area contributed by atoms with Crippen molar-refractivity contribution < 1.29 is 14.4 Å². The molecule has 0 saturated carbocycles. The Morgan fingerprint density at radius 3 is 2.61 bits per heavy atom. The van der Waals surface area contributed by atoms with Crippen LogP contribution in [0.5, 0.6) is 11.5 Å². The summed E-state index contributed by atoms with van der Waals surface area (Å²) in [6.07, 6.45) is 4.40. The average molecular weight is 385 g/mol. The Morgan fingerprint density at radius 2 is 1.96 bits per heavy atom. The molecule has 2 aromatic rings. The van der Waals surface area contributed by atoms with Crippen molar-refractivity contribution in [2.75, 3.05) is 19.1 Å². The lowest BCUT2D eigenvalue weighted by molar-refractivity contribution is -0.386. The number of ether oxygens (including phenoxy) is 2. The smallest absolute Gasteiger partial charge is 0.315 e. The summed E-state index contributed by atoms with van der Waals surface area (Å²) in [6, 6.07) is 9.03. The SMILES string of the molecule is CCCCCOc1c(OC)cc(/C=N/Nc2ccc(C)c(C)c2)cc1[N+](=O)[O-]. The highest BCUT2D eigenvalue weighted by Gasteiger charge is 2.22. The minimum Gasteiger partial charge on any atom is -0.493 e. The molecule has 1 N–H and O–H groups in total.